The molecule has 3 heterocycles. The van der Waals surface area contributed by atoms with E-state index in [0.717, 1.165) is 18.4 Å². The summed E-state index contributed by atoms with van der Waals surface area (Å²) in [5, 5.41) is 13.2. The minimum Gasteiger partial charge on any atom is -0.389 e. The van der Waals surface area contributed by atoms with Gasteiger partial charge in [-0.15, -0.1) is 0 Å². The summed E-state index contributed by atoms with van der Waals surface area (Å²) in [5.74, 6) is -4.68. The lowest BCUT2D eigenvalue weighted by Crippen LogP contribution is -2.54. The topological polar surface area (TPSA) is 144 Å². The van der Waals surface area contributed by atoms with Crippen LogP contribution in [0.1, 0.15) is 49.3 Å². The summed E-state index contributed by atoms with van der Waals surface area (Å²) < 4.78 is 73.8. The fourth-order valence-electron chi connectivity index (χ4n) is 4.55. The number of benzene rings is 1. The number of hydrogen-bond donors (Lipinski definition) is 3. The Balaban J connectivity index is 1.66. The van der Waals surface area contributed by atoms with Gasteiger partial charge >= 0.3 is 0 Å². The Hall–Kier alpha value is -3.39. The minimum atomic E-state index is -3.94. The zero-order valence-corrected chi connectivity index (χ0v) is 23.0. The summed E-state index contributed by atoms with van der Waals surface area (Å²) >= 11 is 0. The van der Waals surface area contributed by atoms with Crippen molar-refractivity contribution in [2.75, 3.05) is 11.6 Å². The van der Waals surface area contributed by atoms with E-state index in [-0.39, 0.29) is 17.8 Å². The maximum atomic E-state index is 14.8. The van der Waals surface area contributed by atoms with Crippen molar-refractivity contribution < 1.29 is 36.2 Å². The fraction of sp³-hybridized carbons (Fsp3) is 0.370. The Labute approximate surface area is 229 Å². The van der Waals surface area contributed by atoms with Crippen LogP contribution in [0.15, 0.2) is 47.6 Å². The highest BCUT2D eigenvalue weighted by molar-refractivity contribution is 7.90. The van der Waals surface area contributed by atoms with E-state index in [9.17, 15) is 31.5 Å². The van der Waals surface area contributed by atoms with Crippen molar-refractivity contribution in [2.24, 2.45) is 11.1 Å². The number of halogens is 3. The first-order valence-electron chi connectivity index (χ1n) is 12.3. The van der Waals surface area contributed by atoms with Crippen LogP contribution in [-0.4, -0.2) is 53.9 Å². The number of anilines is 1. The van der Waals surface area contributed by atoms with Crippen molar-refractivity contribution in [3.8, 4) is 11.3 Å². The molecule has 4 atom stereocenters. The number of carbonyl (C=O) groups excluding carboxylic acids is 1. The number of hydrogen-bond acceptors (Lipinski definition) is 8. The summed E-state index contributed by atoms with van der Waals surface area (Å²) in [4.78, 5) is 20.4. The minimum absolute atomic E-state index is 0.233. The second-order valence-electron chi connectivity index (χ2n) is 10.8. The van der Waals surface area contributed by atoms with E-state index in [2.05, 4.69) is 15.3 Å². The molecule has 40 heavy (non-hydrogen) atoms. The first-order chi connectivity index (χ1) is 18.6. The number of nitrogens with one attached hydrogen (secondary N) is 1. The summed E-state index contributed by atoms with van der Waals surface area (Å²) in [5.41, 5.74) is 4.42. The van der Waals surface area contributed by atoms with E-state index < -0.39 is 79.1 Å². The lowest BCUT2D eigenvalue weighted by Gasteiger charge is -2.44. The normalized spacial score (nSPS) is 21.7. The van der Waals surface area contributed by atoms with E-state index in [1.807, 2.05) is 20.8 Å². The highest BCUT2D eigenvalue weighted by Crippen LogP contribution is 2.40. The van der Waals surface area contributed by atoms with Crippen LogP contribution in [0.2, 0.25) is 0 Å². The molecular weight excluding hydrogens is 549 g/mol. The number of carbonyl (C=O) groups is 1. The van der Waals surface area contributed by atoms with Gasteiger partial charge in [-0.25, -0.2) is 26.6 Å². The average molecular weight is 579 g/mol. The fourth-order valence-corrected chi connectivity index (χ4v) is 5.19. The third-order valence-electron chi connectivity index (χ3n) is 6.61. The second kappa shape index (κ2) is 10.9. The molecule has 9 nitrogen and oxygen atoms in total. The number of pyridine rings is 2. The molecule has 1 fully saturated rings. The molecule has 2 aromatic heterocycles. The number of sulfone groups is 1. The van der Waals surface area contributed by atoms with Crippen molar-refractivity contribution in [1.29, 1.82) is 0 Å². The van der Waals surface area contributed by atoms with Gasteiger partial charge in [-0.1, -0.05) is 20.8 Å². The van der Waals surface area contributed by atoms with Crippen LogP contribution in [0, 0.1) is 22.9 Å². The van der Waals surface area contributed by atoms with Crippen molar-refractivity contribution >= 4 is 21.4 Å². The van der Waals surface area contributed by atoms with Gasteiger partial charge in [0.15, 0.2) is 9.84 Å². The number of ether oxygens (including phenoxy) is 1. The van der Waals surface area contributed by atoms with Crippen molar-refractivity contribution in [3.63, 3.8) is 0 Å². The Morgan fingerprint density at radius 1 is 1.12 bits per heavy atom. The van der Waals surface area contributed by atoms with Crippen LogP contribution in [0.3, 0.4) is 0 Å². The van der Waals surface area contributed by atoms with Gasteiger partial charge < -0.3 is 20.9 Å². The molecule has 3 aromatic rings. The third kappa shape index (κ3) is 6.02. The molecule has 0 unspecified atom stereocenters. The van der Waals surface area contributed by atoms with Gasteiger partial charge in [-0.3, -0.25) is 9.78 Å². The molecule has 13 heteroatoms. The molecule has 1 amide bonds. The molecule has 4 N–H and O–H groups in total. The number of aliphatic hydroxyl groups is 1. The highest BCUT2D eigenvalue weighted by atomic mass is 32.2. The molecule has 1 aliphatic heterocycles. The molecule has 1 saturated heterocycles. The van der Waals surface area contributed by atoms with Crippen molar-refractivity contribution in [2.45, 2.75) is 56.4 Å². The quantitative estimate of drug-likeness (QED) is 0.415. The van der Waals surface area contributed by atoms with Crippen LogP contribution < -0.4 is 11.1 Å². The zero-order valence-electron chi connectivity index (χ0n) is 22.2. The van der Waals surface area contributed by atoms with Gasteiger partial charge in [0, 0.05) is 24.1 Å². The Bertz CT molecular complexity index is 1540. The highest BCUT2D eigenvalue weighted by Gasteiger charge is 2.43. The number of aromatic nitrogens is 2. The van der Waals surface area contributed by atoms with E-state index in [4.69, 9.17) is 10.5 Å². The van der Waals surface area contributed by atoms with E-state index in [1.54, 1.807) is 6.07 Å². The predicted molar refractivity (Wildman–Crippen MR) is 141 cm³/mol. The van der Waals surface area contributed by atoms with E-state index >= 15 is 0 Å². The maximum Gasteiger partial charge on any atom is 0.274 e. The lowest BCUT2D eigenvalue weighted by molar-refractivity contribution is -0.167. The maximum absolute atomic E-state index is 14.8. The second-order valence-corrected chi connectivity index (χ2v) is 12.8. The molecule has 4 rings (SSSR count). The lowest BCUT2D eigenvalue weighted by atomic mass is 9.79. The summed E-state index contributed by atoms with van der Waals surface area (Å²) in [7, 11) is -3.94. The van der Waals surface area contributed by atoms with Gasteiger partial charge in [0.25, 0.3) is 5.91 Å². The molecule has 1 aliphatic rings. The molecule has 0 aliphatic carbocycles. The van der Waals surface area contributed by atoms with Crippen LogP contribution >= 0.6 is 0 Å². The first-order valence-corrected chi connectivity index (χ1v) is 14.2. The van der Waals surface area contributed by atoms with Gasteiger partial charge in [0.1, 0.15) is 28.8 Å². The van der Waals surface area contributed by atoms with Gasteiger partial charge in [-0.05, 0) is 42.2 Å². The monoisotopic (exact) mass is 578 g/mol. The predicted octanol–water partition coefficient (Wildman–Crippen LogP) is 3.78. The summed E-state index contributed by atoms with van der Waals surface area (Å²) in [6.45, 7) is 5.72. The summed E-state index contributed by atoms with van der Waals surface area (Å²) in [6.07, 6.45) is 1.79. The van der Waals surface area contributed by atoms with Gasteiger partial charge in [-0.2, -0.15) is 0 Å². The Kier molecular flexibility index (Phi) is 8.05. The van der Waals surface area contributed by atoms with Crippen molar-refractivity contribution in [1.82, 2.24) is 9.97 Å². The van der Waals surface area contributed by atoms with Crippen LogP contribution in [0.4, 0.5) is 18.9 Å². The number of nitrogens with zero attached hydrogens (tertiary/aromatic N) is 2. The van der Waals surface area contributed by atoms with E-state index in [0.29, 0.717) is 17.7 Å². The first kappa shape index (κ1) is 29.6. The number of aliphatic hydroxyl groups excluding tert-OH is 1. The Morgan fingerprint density at radius 3 is 2.38 bits per heavy atom. The van der Waals surface area contributed by atoms with Gasteiger partial charge in [0.2, 0.25) is 0 Å². The molecule has 0 spiro atoms. The number of rotatable bonds is 5. The van der Waals surface area contributed by atoms with Gasteiger partial charge in [0.05, 0.1) is 40.7 Å². The zero-order chi connectivity index (χ0) is 29.6. The molecule has 0 saturated carbocycles. The Morgan fingerprint density at radius 2 is 1.77 bits per heavy atom. The largest absolute Gasteiger partial charge is 0.389 e. The SMILES string of the molecule is CC(C)(C)[C@H]1O[C@@H](c2ccncc2NC(=O)c2ccc(F)c(-c3c(F)cc(S(C)(=O)=O)cc3F)n2)C[C@@H](N)[C@@H]1O. The van der Waals surface area contributed by atoms with E-state index in [1.165, 1.54) is 12.4 Å². The molecule has 1 aromatic carbocycles. The van der Waals surface area contributed by atoms with Crippen molar-refractivity contribution in [3.05, 3.63) is 71.4 Å². The number of nitrogens with two attached hydrogens (primary N) is 1. The number of amides is 1. The molecular formula is C27H29F3N4O5S. The third-order valence-corrected chi connectivity index (χ3v) is 7.70. The molecule has 214 valence electrons. The smallest absolute Gasteiger partial charge is 0.274 e. The standard InChI is InChI=1S/C27H29F3N4O5S/c1-27(2,3)25-24(35)18(31)11-21(39-25)14-7-8-32-12-20(14)34-26(36)19-6-5-15(28)23(33-19)22-16(29)9-13(10-17(22)30)40(4,37)38/h5-10,12,18,21,24-25,35H,11,31H2,1-4H3,(H,34,36)/t18-,21-,24+,25+/m1/s1. The van der Waals surface area contributed by atoms with Crippen LogP contribution in [0.5, 0.6) is 0 Å². The summed E-state index contributed by atoms with van der Waals surface area (Å²) in [6, 6.07) is 4.00. The molecule has 0 bridgehead atoms. The van der Waals surface area contributed by atoms with Crippen LogP contribution in [-0.2, 0) is 14.6 Å². The average Bonchev–Trinajstić information content (AvgIpc) is 2.85. The molecule has 0 radical (unpaired) electrons. The van der Waals surface area contributed by atoms with Crippen LogP contribution in [0.25, 0.3) is 11.3 Å².